The average Bonchev–Trinajstić information content (AvgIpc) is 3.36. The Kier molecular flexibility index (Phi) is 5.85. The zero-order chi connectivity index (χ0) is 21.1. The van der Waals surface area contributed by atoms with Crippen LogP contribution in [0.2, 0.25) is 0 Å². The van der Waals surface area contributed by atoms with Crippen LogP contribution in [0.5, 0.6) is 0 Å². The summed E-state index contributed by atoms with van der Waals surface area (Å²) in [4.78, 5) is 12.7. The smallest absolute Gasteiger partial charge is 0.238 e. The number of amides is 1. The Morgan fingerprint density at radius 3 is 2.67 bits per heavy atom. The third-order valence-corrected chi connectivity index (χ3v) is 6.07. The molecule has 2 aromatic carbocycles. The van der Waals surface area contributed by atoms with E-state index < -0.39 is 11.1 Å². The van der Waals surface area contributed by atoms with E-state index in [0.29, 0.717) is 29.7 Å². The number of fused-ring (bicyclic) bond motifs is 1. The first-order valence-electron chi connectivity index (χ1n) is 9.75. The number of para-hydroxylation sites is 2. The number of hydrogen-bond donors (Lipinski definition) is 1. The van der Waals surface area contributed by atoms with Crippen molar-refractivity contribution >= 4 is 34.3 Å². The predicted molar refractivity (Wildman–Crippen MR) is 116 cm³/mol. The number of furan rings is 1. The monoisotopic (exact) mass is 424 g/mol. The van der Waals surface area contributed by atoms with Crippen LogP contribution in [0.15, 0.2) is 64.2 Å². The maximum absolute atomic E-state index is 13.9. The average molecular weight is 425 g/mol. The van der Waals surface area contributed by atoms with Gasteiger partial charge >= 0.3 is 0 Å². The van der Waals surface area contributed by atoms with Crippen molar-refractivity contribution in [1.82, 2.24) is 14.8 Å². The van der Waals surface area contributed by atoms with Gasteiger partial charge in [-0.2, -0.15) is 0 Å². The van der Waals surface area contributed by atoms with Crippen molar-refractivity contribution in [3.63, 3.8) is 0 Å². The predicted octanol–water partition coefficient (Wildman–Crippen LogP) is 5.36. The van der Waals surface area contributed by atoms with Gasteiger partial charge in [0.2, 0.25) is 11.7 Å². The van der Waals surface area contributed by atoms with E-state index in [1.807, 2.05) is 48.7 Å². The fourth-order valence-corrected chi connectivity index (χ4v) is 4.18. The minimum Gasteiger partial charge on any atom is -0.453 e. The van der Waals surface area contributed by atoms with Gasteiger partial charge in [-0.25, -0.2) is 4.39 Å². The Balaban J connectivity index is 1.57. The molecule has 0 aliphatic rings. The highest BCUT2D eigenvalue weighted by atomic mass is 32.2. The number of benzene rings is 2. The molecule has 2 heterocycles. The van der Waals surface area contributed by atoms with Crippen molar-refractivity contribution in [2.75, 3.05) is 5.32 Å². The summed E-state index contributed by atoms with van der Waals surface area (Å²) >= 11 is 1.31. The SMILES string of the molecule is CC[C@@H](Sc1nnc(-c2cc3ccccc3o2)n1CC)C(=O)Nc1ccccc1F. The van der Waals surface area contributed by atoms with Gasteiger partial charge < -0.3 is 9.73 Å². The van der Waals surface area contributed by atoms with Crippen molar-refractivity contribution < 1.29 is 13.6 Å². The van der Waals surface area contributed by atoms with Crippen molar-refractivity contribution in [3.05, 3.63) is 60.4 Å². The van der Waals surface area contributed by atoms with Gasteiger partial charge in [0.25, 0.3) is 0 Å². The van der Waals surface area contributed by atoms with E-state index in [-0.39, 0.29) is 11.6 Å². The highest BCUT2D eigenvalue weighted by Gasteiger charge is 2.24. The van der Waals surface area contributed by atoms with Gasteiger partial charge in [0.15, 0.2) is 10.9 Å². The summed E-state index contributed by atoms with van der Waals surface area (Å²) in [6.45, 7) is 4.51. The molecular formula is C22H21FN4O2S. The quantitative estimate of drug-likeness (QED) is 0.404. The normalized spacial score (nSPS) is 12.2. The number of rotatable bonds is 7. The fourth-order valence-electron chi connectivity index (χ4n) is 3.16. The molecule has 4 aromatic rings. The molecule has 6 nitrogen and oxygen atoms in total. The molecule has 0 bridgehead atoms. The van der Waals surface area contributed by atoms with E-state index >= 15 is 0 Å². The Labute approximate surface area is 177 Å². The summed E-state index contributed by atoms with van der Waals surface area (Å²) in [7, 11) is 0. The van der Waals surface area contributed by atoms with Crippen LogP contribution in [-0.2, 0) is 11.3 Å². The Morgan fingerprint density at radius 1 is 1.17 bits per heavy atom. The minimum absolute atomic E-state index is 0.168. The molecule has 1 amide bonds. The minimum atomic E-state index is -0.463. The first-order valence-corrected chi connectivity index (χ1v) is 10.6. The van der Waals surface area contributed by atoms with Crippen LogP contribution in [0.3, 0.4) is 0 Å². The summed E-state index contributed by atoms with van der Waals surface area (Å²) in [5, 5.41) is 12.4. The maximum Gasteiger partial charge on any atom is 0.238 e. The second kappa shape index (κ2) is 8.71. The maximum atomic E-state index is 13.9. The zero-order valence-electron chi connectivity index (χ0n) is 16.6. The van der Waals surface area contributed by atoms with E-state index in [9.17, 15) is 9.18 Å². The number of thioether (sulfide) groups is 1. The molecule has 0 radical (unpaired) electrons. The third kappa shape index (κ3) is 3.95. The van der Waals surface area contributed by atoms with E-state index in [1.54, 1.807) is 18.2 Å². The number of aromatic nitrogens is 3. The van der Waals surface area contributed by atoms with Gasteiger partial charge in [0.1, 0.15) is 11.4 Å². The molecule has 30 heavy (non-hydrogen) atoms. The van der Waals surface area contributed by atoms with Crippen LogP contribution < -0.4 is 5.32 Å². The van der Waals surface area contributed by atoms with Crippen molar-refractivity contribution in [3.8, 4) is 11.6 Å². The fraction of sp³-hybridized carbons (Fsp3) is 0.227. The van der Waals surface area contributed by atoms with Gasteiger partial charge in [-0.3, -0.25) is 9.36 Å². The Morgan fingerprint density at radius 2 is 1.93 bits per heavy atom. The number of halogens is 1. The lowest BCUT2D eigenvalue weighted by molar-refractivity contribution is -0.115. The van der Waals surface area contributed by atoms with Crippen LogP contribution in [0.4, 0.5) is 10.1 Å². The first-order chi connectivity index (χ1) is 14.6. The molecular weight excluding hydrogens is 403 g/mol. The first kappa shape index (κ1) is 20.2. The molecule has 0 aliphatic heterocycles. The topological polar surface area (TPSA) is 73.0 Å². The lowest BCUT2D eigenvalue weighted by atomic mass is 10.2. The van der Waals surface area contributed by atoms with E-state index in [2.05, 4.69) is 15.5 Å². The molecule has 2 aromatic heterocycles. The second-order valence-corrected chi connectivity index (χ2v) is 7.85. The molecule has 154 valence electrons. The number of hydrogen-bond acceptors (Lipinski definition) is 5. The standard InChI is InChI=1S/C22H21FN4O2S/c1-3-19(21(28)24-16-11-7-6-10-15(16)23)30-22-26-25-20(27(22)4-2)18-13-14-9-5-8-12-17(14)29-18/h5-13,19H,3-4H2,1-2H3,(H,24,28)/t19-/m1/s1. The van der Waals surface area contributed by atoms with Crippen LogP contribution in [0.1, 0.15) is 20.3 Å². The van der Waals surface area contributed by atoms with E-state index in [4.69, 9.17) is 4.42 Å². The number of carbonyl (C=O) groups is 1. The Bertz CT molecular complexity index is 1150. The van der Waals surface area contributed by atoms with Crippen molar-refractivity contribution in [1.29, 1.82) is 0 Å². The number of anilines is 1. The lowest BCUT2D eigenvalue weighted by Crippen LogP contribution is -2.25. The number of nitrogens with zero attached hydrogens (tertiary/aromatic N) is 3. The lowest BCUT2D eigenvalue weighted by Gasteiger charge is -2.15. The van der Waals surface area contributed by atoms with Gasteiger partial charge in [-0.1, -0.05) is 49.0 Å². The molecule has 1 N–H and O–H groups in total. The molecule has 0 spiro atoms. The molecule has 0 fully saturated rings. The zero-order valence-corrected chi connectivity index (χ0v) is 17.4. The largest absolute Gasteiger partial charge is 0.453 e. The molecule has 0 saturated carbocycles. The molecule has 1 atom stereocenters. The van der Waals surface area contributed by atoms with Crippen LogP contribution in [0, 0.1) is 5.82 Å². The molecule has 0 saturated heterocycles. The van der Waals surface area contributed by atoms with Gasteiger partial charge in [-0.15, -0.1) is 10.2 Å². The van der Waals surface area contributed by atoms with E-state index in [1.165, 1.54) is 17.8 Å². The van der Waals surface area contributed by atoms with Crippen molar-refractivity contribution in [2.24, 2.45) is 0 Å². The highest BCUT2D eigenvalue weighted by Crippen LogP contribution is 2.31. The van der Waals surface area contributed by atoms with Gasteiger partial charge in [-0.05, 0) is 37.6 Å². The van der Waals surface area contributed by atoms with E-state index in [0.717, 1.165) is 11.0 Å². The highest BCUT2D eigenvalue weighted by molar-refractivity contribution is 8.00. The summed E-state index contributed by atoms with van der Waals surface area (Å²) in [5.74, 6) is 0.500. The summed E-state index contributed by atoms with van der Waals surface area (Å²) in [6, 6.07) is 15.8. The van der Waals surface area contributed by atoms with Crippen molar-refractivity contribution in [2.45, 2.75) is 37.2 Å². The number of carbonyl (C=O) groups excluding carboxylic acids is 1. The molecule has 8 heteroatoms. The summed E-state index contributed by atoms with van der Waals surface area (Å²) < 4.78 is 21.7. The van der Waals surface area contributed by atoms with Gasteiger partial charge in [0.05, 0.1) is 10.9 Å². The number of nitrogens with one attached hydrogen (secondary N) is 1. The summed E-state index contributed by atoms with van der Waals surface area (Å²) in [6.07, 6.45) is 0.557. The Hall–Kier alpha value is -3.13. The van der Waals surface area contributed by atoms with Crippen LogP contribution in [0.25, 0.3) is 22.6 Å². The molecule has 0 unspecified atom stereocenters. The third-order valence-electron chi connectivity index (χ3n) is 4.72. The van der Waals surface area contributed by atoms with Crippen LogP contribution in [-0.4, -0.2) is 25.9 Å². The van der Waals surface area contributed by atoms with Gasteiger partial charge in [0, 0.05) is 11.9 Å². The molecule has 4 rings (SSSR count). The second-order valence-electron chi connectivity index (χ2n) is 6.68. The molecule has 0 aliphatic carbocycles. The van der Waals surface area contributed by atoms with Crippen LogP contribution >= 0.6 is 11.8 Å². The summed E-state index contributed by atoms with van der Waals surface area (Å²) in [5.41, 5.74) is 0.949.